The predicted octanol–water partition coefficient (Wildman–Crippen LogP) is 3.37. The van der Waals surface area contributed by atoms with Gasteiger partial charge in [0.2, 0.25) is 0 Å². The molecule has 11 heteroatoms. The van der Waals surface area contributed by atoms with Gasteiger partial charge >= 0.3 is 0 Å². The molecule has 4 N–H and O–H groups in total. The number of rotatable bonds is 8. The van der Waals surface area contributed by atoms with E-state index in [9.17, 15) is 19.2 Å². The lowest BCUT2D eigenvalue weighted by Crippen LogP contribution is -2.26. The normalized spacial score (nSPS) is 18.4. The predicted molar refractivity (Wildman–Crippen MR) is 146 cm³/mol. The third-order valence-corrected chi connectivity index (χ3v) is 9.24. The van der Waals surface area contributed by atoms with Gasteiger partial charge in [-0.2, -0.15) is 0 Å². The number of hydrogen-bond acceptors (Lipinski definition) is 7. The van der Waals surface area contributed by atoms with Crippen LogP contribution in [-0.2, 0) is 40.0 Å². The van der Waals surface area contributed by atoms with Gasteiger partial charge in [0.1, 0.15) is 23.2 Å². The summed E-state index contributed by atoms with van der Waals surface area (Å²) in [6.45, 7) is 3.70. The Morgan fingerprint density at radius 1 is 0.757 bits per heavy atom. The molecule has 2 aromatic heterocycles. The second-order valence-electron chi connectivity index (χ2n) is 9.86. The van der Waals surface area contributed by atoms with E-state index in [0.29, 0.717) is 33.0 Å². The fraction of sp³-hybridized carbons (Fsp3) is 0.538. The fourth-order valence-electron chi connectivity index (χ4n) is 4.97. The minimum atomic E-state index is -0.434. The molecular weight excluding hydrogens is 512 g/mol. The highest BCUT2D eigenvalue weighted by Gasteiger charge is 2.29. The van der Waals surface area contributed by atoms with Crippen LogP contribution in [0.3, 0.4) is 0 Å². The zero-order valence-electron chi connectivity index (χ0n) is 21.7. The highest BCUT2D eigenvalue weighted by molar-refractivity contribution is 7.17. The smallest absolute Gasteiger partial charge is 0.254 e. The first-order valence-electron chi connectivity index (χ1n) is 12.6. The van der Waals surface area contributed by atoms with E-state index in [4.69, 9.17) is 4.74 Å². The molecule has 37 heavy (non-hydrogen) atoms. The molecule has 4 rings (SSSR count). The molecule has 0 saturated heterocycles. The maximum atomic E-state index is 12.6. The SMILES string of the molecule is CNC(=O)c1c(NC(=O)COCC(=O)Nc2sc3c(c2C(=O)NC)CCC(C)C3)sc2c1CCC(C)C2. The summed E-state index contributed by atoms with van der Waals surface area (Å²) in [5.41, 5.74) is 3.08. The molecule has 0 radical (unpaired) electrons. The zero-order valence-corrected chi connectivity index (χ0v) is 23.3. The number of fused-ring (bicyclic) bond motifs is 2. The monoisotopic (exact) mass is 546 g/mol. The number of anilines is 2. The minimum absolute atomic E-state index is 0.220. The maximum absolute atomic E-state index is 12.6. The first-order valence-corrected chi connectivity index (χ1v) is 14.3. The van der Waals surface area contributed by atoms with E-state index >= 15 is 0 Å². The van der Waals surface area contributed by atoms with Crippen molar-refractivity contribution in [3.8, 4) is 0 Å². The molecule has 0 aromatic carbocycles. The molecule has 0 saturated carbocycles. The number of thiophene rings is 2. The Balaban J connectivity index is 1.36. The van der Waals surface area contributed by atoms with Crippen molar-refractivity contribution in [2.45, 2.75) is 52.4 Å². The average Bonchev–Trinajstić information content (AvgIpc) is 3.39. The van der Waals surface area contributed by atoms with Gasteiger partial charge in [0.15, 0.2) is 0 Å². The number of nitrogens with one attached hydrogen (secondary N) is 4. The average molecular weight is 547 g/mol. The molecule has 2 aromatic rings. The zero-order chi connectivity index (χ0) is 26.7. The van der Waals surface area contributed by atoms with E-state index in [1.807, 2.05) is 0 Å². The Morgan fingerprint density at radius 2 is 1.16 bits per heavy atom. The quantitative estimate of drug-likeness (QED) is 0.404. The standard InChI is InChI=1S/C26H34N4O5S2/c1-13-5-7-15-17(9-13)36-25(21(15)23(33)27-3)29-19(31)11-35-12-20(32)30-26-22(24(34)28-4)16-8-6-14(2)10-18(16)37-26/h13-14H,5-12H2,1-4H3,(H,27,33)(H,28,34)(H,29,31)(H,30,32). The molecule has 0 aliphatic heterocycles. The summed E-state index contributed by atoms with van der Waals surface area (Å²) in [5, 5.41) is 12.0. The van der Waals surface area contributed by atoms with Gasteiger partial charge in [-0.05, 0) is 61.5 Å². The first-order chi connectivity index (χ1) is 17.7. The molecular formula is C26H34N4O5S2. The summed E-state index contributed by atoms with van der Waals surface area (Å²) in [5.74, 6) is -0.233. The summed E-state index contributed by atoms with van der Waals surface area (Å²) in [6.07, 6.45) is 5.41. The van der Waals surface area contributed by atoms with Crippen LogP contribution in [0, 0.1) is 11.8 Å². The van der Waals surface area contributed by atoms with Crippen molar-refractivity contribution in [3.05, 3.63) is 32.0 Å². The van der Waals surface area contributed by atoms with Gasteiger partial charge in [0.25, 0.3) is 23.6 Å². The molecule has 0 fully saturated rings. The van der Waals surface area contributed by atoms with Crippen molar-refractivity contribution in [2.24, 2.45) is 11.8 Å². The molecule has 2 aliphatic carbocycles. The third-order valence-electron chi connectivity index (χ3n) is 6.90. The Bertz CT molecular complexity index is 1130. The maximum Gasteiger partial charge on any atom is 0.254 e. The van der Waals surface area contributed by atoms with Crippen molar-refractivity contribution in [2.75, 3.05) is 37.9 Å². The fourth-order valence-corrected chi connectivity index (χ4v) is 7.82. The summed E-state index contributed by atoms with van der Waals surface area (Å²) in [6, 6.07) is 0. The van der Waals surface area contributed by atoms with Crippen LogP contribution in [0.4, 0.5) is 10.0 Å². The third kappa shape index (κ3) is 6.05. The van der Waals surface area contributed by atoms with Crippen molar-refractivity contribution >= 4 is 56.3 Å². The molecule has 9 nitrogen and oxygen atoms in total. The van der Waals surface area contributed by atoms with E-state index < -0.39 is 11.8 Å². The van der Waals surface area contributed by atoms with Gasteiger partial charge in [-0.1, -0.05) is 13.8 Å². The lowest BCUT2D eigenvalue weighted by atomic mass is 9.88. The van der Waals surface area contributed by atoms with Gasteiger partial charge in [-0.3, -0.25) is 19.2 Å². The van der Waals surface area contributed by atoms with E-state index in [2.05, 4.69) is 35.1 Å². The van der Waals surface area contributed by atoms with Gasteiger partial charge < -0.3 is 26.0 Å². The highest BCUT2D eigenvalue weighted by atomic mass is 32.1. The van der Waals surface area contributed by atoms with Crippen molar-refractivity contribution in [1.29, 1.82) is 0 Å². The van der Waals surface area contributed by atoms with E-state index in [1.54, 1.807) is 14.1 Å². The van der Waals surface area contributed by atoms with Crippen LogP contribution >= 0.6 is 22.7 Å². The van der Waals surface area contributed by atoms with Crippen LogP contribution < -0.4 is 21.3 Å². The number of amides is 4. The molecule has 200 valence electrons. The molecule has 0 bridgehead atoms. The number of ether oxygens (including phenoxy) is 1. The molecule has 2 unspecified atom stereocenters. The Kier molecular flexibility index (Phi) is 8.66. The molecule has 4 amide bonds. The van der Waals surface area contributed by atoms with Gasteiger partial charge in [-0.15, -0.1) is 22.7 Å². The molecule has 0 spiro atoms. The number of carbonyl (C=O) groups is 4. The number of carbonyl (C=O) groups excluding carboxylic acids is 4. The molecule has 2 aliphatic rings. The van der Waals surface area contributed by atoms with Crippen LogP contribution in [0.15, 0.2) is 0 Å². The van der Waals surface area contributed by atoms with Crippen molar-refractivity contribution in [1.82, 2.24) is 10.6 Å². The van der Waals surface area contributed by atoms with E-state index in [0.717, 1.165) is 59.4 Å². The van der Waals surface area contributed by atoms with Gasteiger partial charge in [0.05, 0.1) is 11.1 Å². The van der Waals surface area contributed by atoms with E-state index in [-0.39, 0.29) is 25.0 Å². The van der Waals surface area contributed by atoms with Crippen LogP contribution in [0.1, 0.15) is 68.3 Å². The largest absolute Gasteiger partial charge is 0.362 e. The minimum Gasteiger partial charge on any atom is -0.362 e. The lowest BCUT2D eigenvalue weighted by molar-refractivity contribution is -0.125. The second-order valence-corrected chi connectivity index (χ2v) is 12.1. The summed E-state index contributed by atoms with van der Waals surface area (Å²) in [7, 11) is 3.15. The Labute approximate surface area is 224 Å². The van der Waals surface area contributed by atoms with Crippen LogP contribution in [0.2, 0.25) is 0 Å². The van der Waals surface area contributed by atoms with Crippen molar-refractivity contribution in [3.63, 3.8) is 0 Å². The topological polar surface area (TPSA) is 126 Å². The summed E-state index contributed by atoms with van der Waals surface area (Å²) >= 11 is 2.87. The highest BCUT2D eigenvalue weighted by Crippen LogP contribution is 2.40. The Hall–Kier alpha value is -2.76. The van der Waals surface area contributed by atoms with Gasteiger partial charge in [0, 0.05) is 23.8 Å². The Morgan fingerprint density at radius 3 is 1.54 bits per heavy atom. The van der Waals surface area contributed by atoms with Gasteiger partial charge in [-0.25, -0.2) is 0 Å². The van der Waals surface area contributed by atoms with Crippen LogP contribution in [-0.4, -0.2) is 50.9 Å². The van der Waals surface area contributed by atoms with Crippen molar-refractivity contribution < 1.29 is 23.9 Å². The molecule has 2 atom stereocenters. The van der Waals surface area contributed by atoms with Crippen LogP contribution in [0.25, 0.3) is 0 Å². The first kappa shape index (κ1) is 27.3. The molecule has 2 heterocycles. The second kappa shape index (κ2) is 11.7. The van der Waals surface area contributed by atoms with E-state index in [1.165, 1.54) is 22.7 Å². The number of hydrogen-bond donors (Lipinski definition) is 4. The summed E-state index contributed by atoms with van der Waals surface area (Å²) < 4.78 is 5.38. The summed E-state index contributed by atoms with van der Waals surface area (Å²) in [4.78, 5) is 52.5. The van der Waals surface area contributed by atoms with Crippen LogP contribution in [0.5, 0.6) is 0 Å². The lowest BCUT2D eigenvalue weighted by Gasteiger charge is -2.18.